The van der Waals surface area contributed by atoms with Crippen LogP contribution in [0.25, 0.3) is 0 Å². The predicted octanol–water partition coefficient (Wildman–Crippen LogP) is 2.36. The van der Waals surface area contributed by atoms with Gasteiger partial charge in [0.05, 0.1) is 19.3 Å². The zero-order valence-electron chi connectivity index (χ0n) is 11.3. The van der Waals surface area contributed by atoms with Gasteiger partial charge >= 0.3 is 0 Å². The van der Waals surface area contributed by atoms with Crippen LogP contribution < -0.4 is 5.32 Å². The molecule has 0 radical (unpaired) electrons. The van der Waals surface area contributed by atoms with Gasteiger partial charge in [-0.2, -0.15) is 0 Å². The highest BCUT2D eigenvalue weighted by Gasteiger charge is 2.27. The zero-order valence-corrected chi connectivity index (χ0v) is 11.3. The Labute approximate surface area is 109 Å². The molecule has 18 heavy (non-hydrogen) atoms. The summed E-state index contributed by atoms with van der Waals surface area (Å²) < 4.78 is 11.2. The maximum absolute atomic E-state index is 5.61. The van der Waals surface area contributed by atoms with E-state index in [1.54, 1.807) is 0 Å². The van der Waals surface area contributed by atoms with Crippen LogP contribution in [0.1, 0.15) is 25.8 Å². The number of nitrogens with one attached hydrogen (secondary N) is 1. The fourth-order valence-electron chi connectivity index (χ4n) is 2.05. The fourth-order valence-corrected chi connectivity index (χ4v) is 2.05. The number of aryl methyl sites for hydroxylation is 1. The molecule has 100 valence electrons. The first kappa shape index (κ1) is 13.5. The molecule has 0 spiro atoms. The highest BCUT2D eigenvalue weighted by Crippen LogP contribution is 2.16. The molecular formula is C15H23NO2. The SMILES string of the molecule is CC1(C)OCC(NCCCc2ccccc2)CO1. The Morgan fingerprint density at radius 2 is 1.83 bits per heavy atom. The van der Waals surface area contributed by atoms with Crippen molar-refractivity contribution in [1.82, 2.24) is 5.32 Å². The lowest BCUT2D eigenvalue weighted by atomic mass is 10.1. The van der Waals surface area contributed by atoms with Crippen molar-refractivity contribution < 1.29 is 9.47 Å². The molecule has 3 heteroatoms. The van der Waals surface area contributed by atoms with Gasteiger partial charge in [0.2, 0.25) is 0 Å². The Morgan fingerprint density at radius 1 is 1.17 bits per heavy atom. The van der Waals surface area contributed by atoms with Crippen LogP contribution >= 0.6 is 0 Å². The normalized spacial score (nSPS) is 19.9. The third-order valence-electron chi connectivity index (χ3n) is 3.18. The van der Waals surface area contributed by atoms with E-state index in [1.165, 1.54) is 5.56 Å². The second kappa shape index (κ2) is 6.32. The van der Waals surface area contributed by atoms with E-state index in [0.717, 1.165) is 32.6 Å². The van der Waals surface area contributed by atoms with Crippen LogP contribution in [0.15, 0.2) is 30.3 Å². The van der Waals surface area contributed by atoms with Gasteiger partial charge < -0.3 is 14.8 Å². The summed E-state index contributed by atoms with van der Waals surface area (Å²) in [6.07, 6.45) is 2.26. The molecule has 0 amide bonds. The maximum atomic E-state index is 5.61. The van der Waals surface area contributed by atoms with Crippen LogP contribution in [-0.2, 0) is 15.9 Å². The summed E-state index contributed by atoms with van der Waals surface area (Å²) in [5.41, 5.74) is 1.40. The van der Waals surface area contributed by atoms with Crippen LogP contribution in [0.2, 0.25) is 0 Å². The Hall–Kier alpha value is -0.900. The first-order chi connectivity index (χ1) is 8.66. The molecule has 0 aliphatic carbocycles. The van der Waals surface area contributed by atoms with Crippen LogP contribution in [-0.4, -0.2) is 31.6 Å². The van der Waals surface area contributed by atoms with E-state index in [4.69, 9.17) is 9.47 Å². The van der Waals surface area contributed by atoms with Crippen molar-refractivity contribution in [2.24, 2.45) is 0 Å². The van der Waals surface area contributed by atoms with Crippen molar-refractivity contribution in [2.45, 2.75) is 38.5 Å². The molecule has 2 rings (SSSR count). The van der Waals surface area contributed by atoms with Crippen LogP contribution in [0.4, 0.5) is 0 Å². The molecular weight excluding hydrogens is 226 g/mol. The van der Waals surface area contributed by atoms with Gasteiger partial charge in [-0.25, -0.2) is 0 Å². The molecule has 0 bridgehead atoms. The number of hydrogen-bond donors (Lipinski definition) is 1. The second-order valence-corrected chi connectivity index (χ2v) is 5.26. The summed E-state index contributed by atoms with van der Waals surface area (Å²) >= 11 is 0. The summed E-state index contributed by atoms with van der Waals surface area (Å²) in [5.74, 6) is -0.414. The molecule has 0 saturated carbocycles. The molecule has 1 N–H and O–H groups in total. The Kier molecular flexibility index (Phi) is 4.75. The van der Waals surface area contributed by atoms with Crippen molar-refractivity contribution >= 4 is 0 Å². The van der Waals surface area contributed by atoms with Crippen molar-refractivity contribution in [3.8, 4) is 0 Å². The van der Waals surface area contributed by atoms with E-state index in [1.807, 2.05) is 13.8 Å². The Bertz CT molecular complexity index is 341. The molecule has 1 saturated heterocycles. The van der Waals surface area contributed by atoms with Crippen molar-refractivity contribution in [1.29, 1.82) is 0 Å². The van der Waals surface area contributed by atoms with E-state index in [2.05, 4.69) is 35.6 Å². The minimum Gasteiger partial charge on any atom is -0.349 e. The van der Waals surface area contributed by atoms with E-state index < -0.39 is 5.79 Å². The monoisotopic (exact) mass is 249 g/mol. The van der Waals surface area contributed by atoms with Gasteiger partial charge in [0.25, 0.3) is 0 Å². The summed E-state index contributed by atoms with van der Waals surface area (Å²) in [6.45, 7) is 6.39. The van der Waals surface area contributed by atoms with Crippen LogP contribution in [0.3, 0.4) is 0 Å². The van der Waals surface area contributed by atoms with Crippen molar-refractivity contribution in [2.75, 3.05) is 19.8 Å². The third-order valence-corrected chi connectivity index (χ3v) is 3.18. The molecule has 1 aliphatic rings. The van der Waals surface area contributed by atoms with Gasteiger partial charge in [-0.1, -0.05) is 30.3 Å². The number of rotatable bonds is 5. The molecule has 1 aromatic rings. The Balaban J connectivity index is 1.59. The van der Waals surface area contributed by atoms with Crippen LogP contribution in [0, 0.1) is 0 Å². The molecule has 1 fully saturated rings. The molecule has 0 aromatic heterocycles. The average Bonchev–Trinajstić information content (AvgIpc) is 2.37. The highest BCUT2D eigenvalue weighted by molar-refractivity contribution is 5.14. The van der Waals surface area contributed by atoms with Gasteiger partial charge in [0, 0.05) is 0 Å². The third kappa shape index (κ3) is 4.41. The van der Waals surface area contributed by atoms with Gasteiger partial charge in [-0.05, 0) is 38.8 Å². The van der Waals surface area contributed by atoms with Gasteiger partial charge in [0.1, 0.15) is 0 Å². The highest BCUT2D eigenvalue weighted by atomic mass is 16.7. The van der Waals surface area contributed by atoms with Gasteiger partial charge in [-0.3, -0.25) is 0 Å². The molecule has 3 nitrogen and oxygen atoms in total. The first-order valence-electron chi connectivity index (χ1n) is 6.71. The molecule has 0 atom stereocenters. The van der Waals surface area contributed by atoms with E-state index in [9.17, 15) is 0 Å². The minimum absolute atomic E-state index is 0.328. The predicted molar refractivity (Wildman–Crippen MR) is 72.5 cm³/mol. The molecule has 0 unspecified atom stereocenters. The maximum Gasteiger partial charge on any atom is 0.162 e. The van der Waals surface area contributed by atoms with Gasteiger partial charge in [0.15, 0.2) is 5.79 Å². The molecule has 1 aliphatic heterocycles. The van der Waals surface area contributed by atoms with E-state index in [-0.39, 0.29) is 0 Å². The largest absolute Gasteiger partial charge is 0.349 e. The smallest absolute Gasteiger partial charge is 0.162 e. The summed E-state index contributed by atoms with van der Waals surface area (Å²) in [7, 11) is 0. The summed E-state index contributed by atoms with van der Waals surface area (Å²) in [5, 5.41) is 3.48. The summed E-state index contributed by atoms with van der Waals surface area (Å²) in [4.78, 5) is 0. The topological polar surface area (TPSA) is 30.5 Å². The standard InChI is InChI=1S/C15H23NO2/c1-15(2)17-11-14(12-18-15)16-10-6-9-13-7-4-3-5-8-13/h3-5,7-8,14,16H,6,9-12H2,1-2H3. The number of ether oxygens (including phenoxy) is 2. The molecule has 1 aromatic carbocycles. The van der Waals surface area contributed by atoms with Crippen molar-refractivity contribution in [3.05, 3.63) is 35.9 Å². The van der Waals surface area contributed by atoms with Crippen LogP contribution in [0.5, 0.6) is 0 Å². The lowest BCUT2D eigenvalue weighted by Crippen LogP contribution is -2.48. The quantitative estimate of drug-likeness (QED) is 0.813. The summed E-state index contributed by atoms with van der Waals surface area (Å²) in [6, 6.07) is 10.9. The van der Waals surface area contributed by atoms with E-state index in [0.29, 0.717) is 6.04 Å². The fraction of sp³-hybridized carbons (Fsp3) is 0.600. The minimum atomic E-state index is -0.414. The average molecular weight is 249 g/mol. The van der Waals surface area contributed by atoms with Crippen molar-refractivity contribution in [3.63, 3.8) is 0 Å². The number of hydrogen-bond acceptors (Lipinski definition) is 3. The molecule has 1 heterocycles. The lowest BCUT2D eigenvalue weighted by molar-refractivity contribution is -0.252. The zero-order chi connectivity index (χ0) is 12.8. The number of benzene rings is 1. The van der Waals surface area contributed by atoms with Gasteiger partial charge in [-0.15, -0.1) is 0 Å². The van der Waals surface area contributed by atoms with E-state index >= 15 is 0 Å². The first-order valence-corrected chi connectivity index (χ1v) is 6.71. The second-order valence-electron chi connectivity index (χ2n) is 5.26. The Morgan fingerprint density at radius 3 is 2.50 bits per heavy atom. The lowest BCUT2D eigenvalue weighted by Gasteiger charge is -2.35.